The number of nitrogens with zero attached hydrogens (tertiary/aromatic N) is 2. The van der Waals surface area contributed by atoms with Crippen molar-refractivity contribution in [1.29, 1.82) is 5.26 Å². The topological polar surface area (TPSA) is 84.8 Å². The van der Waals surface area contributed by atoms with Gasteiger partial charge in [0.1, 0.15) is 22.7 Å². The first-order chi connectivity index (χ1) is 13.1. The van der Waals surface area contributed by atoms with Crippen LogP contribution in [0.1, 0.15) is 18.1 Å². The molecule has 0 aliphatic carbocycles. The van der Waals surface area contributed by atoms with Gasteiger partial charge in [-0.15, -0.1) is 0 Å². The average molecular weight is 356 g/mol. The van der Waals surface area contributed by atoms with E-state index in [-0.39, 0.29) is 5.91 Å². The number of imidazole rings is 1. The van der Waals surface area contributed by atoms with Crippen molar-refractivity contribution in [2.45, 2.75) is 13.8 Å². The van der Waals surface area contributed by atoms with E-state index in [0.717, 1.165) is 39.4 Å². The summed E-state index contributed by atoms with van der Waals surface area (Å²) in [6.07, 6.45) is 0. The fraction of sp³-hybridized carbons (Fsp3) is 0.0952. The van der Waals surface area contributed by atoms with E-state index in [1.54, 1.807) is 0 Å². The molecule has 0 spiro atoms. The molecule has 0 saturated heterocycles. The number of benzene rings is 2. The summed E-state index contributed by atoms with van der Waals surface area (Å²) in [7, 11) is 0. The van der Waals surface area contributed by atoms with Crippen LogP contribution in [-0.2, 0) is 4.79 Å². The molecule has 2 aromatic heterocycles. The van der Waals surface area contributed by atoms with E-state index in [0.29, 0.717) is 5.56 Å². The molecule has 0 aliphatic rings. The van der Waals surface area contributed by atoms with E-state index in [4.69, 9.17) is 0 Å². The Kier molecular flexibility index (Phi) is 3.98. The summed E-state index contributed by atoms with van der Waals surface area (Å²) in [6, 6.07) is 19.7. The molecule has 4 aromatic rings. The lowest BCUT2D eigenvalue weighted by Crippen LogP contribution is -2.26. The molecule has 6 nitrogen and oxygen atoms in total. The smallest absolute Gasteiger partial charge is 0.250 e. The number of hydrogen-bond donors (Lipinski definition) is 3. The standard InChI is InChI=1S/C21H17N5O/c1-13-11-20(24-16-9-7-15(8-10-16)23-14(2)27)26-19-6-4-3-5-18(19)25-21(26)17(13)12-22/h3-11H,1-2H3,(H2,23,24,25,27)/p+1. The van der Waals surface area contributed by atoms with Crippen molar-refractivity contribution in [1.82, 2.24) is 4.98 Å². The van der Waals surface area contributed by atoms with E-state index in [1.807, 2.05) is 65.9 Å². The lowest BCUT2D eigenvalue weighted by molar-refractivity contribution is -0.464. The largest absolute Gasteiger partial charge is 0.326 e. The number of nitriles is 1. The fourth-order valence-corrected chi connectivity index (χ4v) is 3.25. The third-order valence-electron chi connectivity index (χ3n) is 4.44. The lowest BCUT2D eigenvalue weighted by Gasteiger charge is -2.07. The summed E-state index contributed by atoms with van der Waals surface area (Å²) in [6.45, 7) is 3.41. The maximum Gasteiger partial charge on any atom is 0.250 e. The summed E-state index contributed by atoms with van der Waals surface area (Å²) in [5, 5.41) is 15.8. The Balaban J connectivity index is 1.84. The number of anilines is 3. The Hall–Kier alpha value is -3.85. The van der Waals surface area contributed by atoms with Crippen LogP contribution in [-0.4, -0.2) is 10.9 Å². The lowest BCUT2D eigenvalue weighted by atomic mass is 10.1. The zero-order valence-electron chi connectivity index (χ0n) is 15.0. The predicted octanol–water partition coefficient (Wildman–Crippen LogP) is 3.79. The average Bonchev–Trinajstić information content (AvgIpc) is 3.02. The van der Waals surface area contributed by atoms with Crippen molar-refractivity contribution >= 4 is 39.8 Å². The van der Waals surface area contributed by atoms with Gasteiger partial charge in [0.25, 0.3) is 0 Å². The maximum atomic E-state index is 11.2. The Morgan fingerprint density at radius 1 is 1.11 bits per heavy atom. The quantitative estimate of drug-likeness (QED) is 0.488. The summed E-state index contributed by atoms with van der Waals surface area (Å²) < 4.78 is 2.02. The van der Waals surface area contributed by atoms with E-state index in [1.165, 1.54) is 6.92 Å². The summed E-state index contributed by atoms with van der Waals surface area (Å²) >= 11 is 0. The Labute approximate surface area is 156 Å². The van der Waals surface area contributed by atoms with Crippen molar-refractivity contribution in [3.8, 4) is 6.07 Å². The minimum Gasteiger partial charge on any atom is -0.326 e. The molecule has 0 unspecified atom stereocenters. The van der Waals surface area contributed by atoms with Crippen LogP contribution in [0.5, 0.6) is 0 Å². The van der Waals surface area contributed by atoms with Gasteiger partial charge in [0, 0.05) is 18.7 Å². The minimum atomic E-state index is -0.102. The van der Waals surface area contributed by atoms with Crippen LogP contribution < -0.4 is 15.0 Å². The first kappa shape index (κ1) is 16.6. The number of nitrogens with one attached hydrogen (secondary N) is 3. The summed E-state index contributed by atoms with van der Waals surface area (Å²) in [5.74, 6) is 0.751. The van der Waals surface area contributed by atoms with Gasteiger partial charge in [-0.25, -0.2) is 0 Å². The molecule has 1 amide bonds. The van der Waals surface area contributed by atoms with E-state index in [9.17, 15) is 10.1 Å². The number of fused-ring (bicyclic) bond motifs is 3. The van der Waals surface area contributed by atoms with E-state index in [2.05, 4.69) is 21.7 Å². The molecule has 132 valence electrons. The molecule has 3 N–H and O–H groups in total. The number of hydrogen-bond acceptors (Lipinski definition) is 3. The summed E-state index contributed by atoms with van der Waals surface area (Å²) in [4.78, 5) is 14.5. The number of rotatable bonds is 3. The van der Waals surface area contributed by atoms with Gasteiger partial charge in [-0.2, -0.15) is 9.66 Å². The number of carbonyl (C=O) groups is 1. The molecular weight excluding hydrogens is 338 g/mol. The number of carbonyl (C=O) groups excluding carboxylic acids is 1. The molecule has 2 heterocycles. The van der Waals surface area contributed by atoms with Crippen LogP contribution in [0, 0.1) is 18.3 Å². The maximum absolute atomic E-state index is 11.2. The monoisotopic (exact) mass is 356 g/mol. The van der Waals surface area contributed by atoms with Gasteiger partial charge in [0.15, 0.2) is 0 Å². The van der Waals surface area contributed by atoms with Crippen LogP contribution in [0.3, 0.4) is 0 Å². The van der Waals surface area contributed by atoms with Gasteiger partial charge in [-0.3, -0.25) is 15.1 Å². The highest BCUT2D eigenvalue weighted by Gasteiger charge is 2.20. The number of H-pyrrole nitrogens is 1. The highest BCUT2D eigenvalue weighted by Crippen LogP contribution is 2.23. The third-order valence-corrected chi connectivity index (χ3v) is 4.44. The van der Waals surface area contributed by atoms with Gasteiger partial charge in [-0.05, 0) is 48.9 Å². The SMILES string of the molecule is CC(=O)Nc1ccc(Nc2cc(C)c(C#N)c3[nH]c4ccccc4[n+]23)cc1. The predicted molar refractivity (Wildman–Crippen MR) is 105 cm³/mol. The number of aromatic amines is 1. The minimum absolute atomic E-state index is 0.102. The second kappa shape index (κ2) is 6.46. The van der Waals surface area contributed by atoms with Crippen molar-refractivity contribution < 1.29 is 9.20 Å². The first-order valence-corrected chi connectivity index (χ1v) is 8.57. The van der Waals surface area contributed by atoms with Crippen LogP contribution in [0.15, 0.2) is 54.6 Å². The number of para-hydroxylation sites is 2. The molecule has 27 heavy (non-hydrogen) atoms. The second-order valence-corrected chi connectivity index (χ2v) is 6.41. The zero-order valence-corrected chi connectivity index (χ0v) is 15.0. The van der Waals surface area contributed by atoms with Crippen LogP contribution in [0.2, 0.25) is 0 Å². The first-order valence-electron chi connectivity index (χ1n) is 8.57. The van der Waals surface area contributed by atoms with Gasteiger partial charge in [0.05, 0.1) is 5.69 Å². The molecule has 0 aliphatic heterocycles. The molecule has 0 atom stereocenters. The number of aromatic nitrogens is 2. The molecule has 6 heteroatoms. The molecule has 0 fully saturated rings. The molecule has 2 aromatic carbocycles. The molecular formula is C21H18N5O+. The fourth-order valence-electron chi connectivity index (χ4n) is 3.25. The molecule has 0 radical (unpaired) electrons. The van der Waals surface area contributed by atoms with Crippen molar-refractivity contribution in [3.05, 3.63) is 65.7 Å². The molecule has 0 saturated carbocycles. The normalized spacial score (nSPS) is 10.7. The Morgan fingerprint density at radius 3 is 2.52 bits per heavy atom. The van der Waals surface area contributed by atoms with Gasteiger partial charge in [-0.1, -0.05) is 12.1 Å². The number of amides is 1. The highest BCUT2D eigenvalue weighted by molar-refractivity contribution is 5.88. The number of pyridine rings is 1. The van der Waals surface area contributed by atoms with Crippen LogP contribution in [0.25, 0.3) is 16.7 Å². The van der Waals surface area contributed by atoms with E-state index >= 15 is 0 Å². The van der Waals surface area contributed by atoms with Gasteiger partial charge < -0.3 is 5.32 Å². The van der Waals surface area contributed by atoms with Crippen molar-refractivity contribution in [2.24, 2.45) is 0 Å². The van der Waals surface area contributed by atoms with Crippen molar-refractivity contribution in [2.75, 3.05) is 10.6 Å². The van der Waals surface area contributed by atoms with Gasteiger partial charge >= 0.3 is 0 Å². The number of aryl methyl sites for hydroxylation is 1. The van der Waals surface area contributed by atoms with Crippen molar-refractivity contribution in [3.63, 3.8) is 0 Å². The third kappa shape index (κ3) is 2.96. The Morgan fingerprint density at radius 2 is 1.81 bits per heavy atom. The highest BCUT2D eigenvalue weighted by atomic mass is 16.1. The van der Waals surface area contributed by atoms with Crippen LogP contribution in [0.4, 0.5) is 17.2 Å². The molecule has 0 bridgehead atoms. The van der Waals surface area contributed by atoms with Gasteiger partial charge in [0.2, 0.25) is 17.4 Å². The Bertz CT molecular complexity index is 1220. The van der Waals surface area contributed by atoms with Crippen LogP contribution >= 0.6 is 0 Å². The summed E-state index contributed by atoms with van der Waals surface area (Å²) in [5.41, 5.74) is 5.85. The second-order valence-electron chi connectivity index (χ2n) is 6.41. The zero-order chi connectivity index (χ0) is 19.0. The molecule has 4 rings (SSSR count). The van der Waals surface area contributed by atoms with E-state index < -0.39 is 0 Å².